The summed E-state index contributed by atoms with van der Waals surface area (Å²) in [6, 6.07) is 4.07. The van der Waals surface area contributed by atoms with E-state index in [1.807, 2.05) is 0 Å². The van der Waals surface area contributed by atoms with Crippen LogP contribution in [0.4, 0.5) is 4.39 Å². The third-order valence-corrected chi connectivity index (χ3v) is 2.10. The van der Waals surface area contributed by atoms with Gasteiger partial charge >= 0.3 is 0 Å². The molecule has 0 amide bonds. The molecule has 0 saturated heterocycles. The molecule has 72 valence electrons. The van der Waals surface area contributed by atoms with Gasteiger partial charge in [0.2, 0.25) is 0 Å². The summed E-state index contributed by atoms with van der Waals surface area (Å²) in [6.45, 7) is 1.60. The number of nitrogens with zero attached hydrogens (tertiary/aromatic N) is 1. The van der Waals surface area contributed by atoms with Crippen molar-refractivity contribution in [2.24, 2.45) is 0 Å². The molecule has 0 fully saturated rings. The Morgan fingerprint density at radius 2 is 2.29 bits per heavy atom. The van der Waals surface area contributed by atoms with Crippen molar-refractivity contribution in [3.8, 4) is 6.07 Å². The third kappa shape index (κ3) is 1.91. The molecular formula is C10H7ClFNO. The lowest BCUT2D eigenvalue weighted by Crippen LogP contribution is -2.04. The van der Waals surface area contributed by atoms with Crippen LogP contribution in [-0.2, 0) is 0 Å². The summed E-state index contributed by atoms with van der Waals surface area (Å²) in [5.41, 5.74) is 0.661. The summed E-state index contributed by atoms with van der Waals surface area (Å²) in [5, 5.41) is 8.55. The van der Waals surface area contributed by atoms with Crippen LogP contribution in [0, 0.1) is 24.1 Å². The number of alkyl halides is 1. The van der Waals surface area contributed by atoms with Crippen LogP contribution in [0.15, 0.2) is 12.1 Å². The molecule has 1 aromatic rings. The number of ketones is 1. The molecule has 1 aromatic carbocycles. The number of benzene rings is 1. The van der Waals surface area contributed by atoms with E-state index in [1.165, 1.54) is 12.1 Å². The fourth-order valence-electron chi connectivity index (χ4n) is 1.13. The van der Waals surface area contributed by atoms with Crippen molar-refractivity contribution >= 4 is 17.4 Å². The Morgan fingerprint density at radius 1 is 1.64 bits per heavy atom. The molecule has 1 rings (SSSR count). The van der Waals surface area contributed by atoms with E-state index in [1.54, 1.807) is 13.0 Å². The van der Waals surface area contributed by atoms with Gasteiger partial charge in [-0.2, -0.15) is 5.26 Å². The van der Waals surface area contributed by atoms with E-state index in [2.05, 4.69) is 0 Å². The standard InChI is InChI=1S/C10H7ClFNO/c1-6-2-9(12)7(5-13)3-8(6)10(14)4-11/h2-3H,4H2,1H3. The molecule has 0 bridgehead atoms. The Balaban J connectivity index is 3.33. The van der Waals surface area contributed by atoms with Crippen molar-refractivity contribution in [3.63, 3.8) is 0 Å². The van der Waals surface area contributed by atoms with E-state index in [-0.39, 0.29) is 17.2 Å². The summed E-state index contributed by atoms with van der Waals surface area (Å²) in [6.07, 6.45) is 0. The van der Waals surface area contributed by atoms with Gasteiger partial charge in [-0.15, -0.1) is 11.6 Å². The van der Waals surface area contributed by atoms with Gasteiger partial charge in [0, 0.05) is 5.56 Å². The molecule has 0 unspecified atom stereocenters. The van der Waals surface area contributed by atoms with Gasteiger partial charge in [0.25, 0.3) is 0 Å². The van der Waals surface area contributed by atoms with Gasteiger partial charge in [0.15, 0.2) is 5.78 Å². The van der Waals surface area contributed by atoms with Crippen molar-refractivity contribution in [2.75, 3.05) is 5.88 Å². The van der Waals surface area contributed by atoms with E-state index >= 15 is 0 Å². The zero-order valence-corrected chi connectivity index (χ0v) is 8.23. The second-order valence-electron chi connectivity index (χ2n) is 2.82. The van der Waals surface area contributed by atoms with Crippen molar-refractivity contribution in [1.82, 2.24) is 0 Å². The first kappa shape index (κ1) is 10.7. The Bertz CT molecular complexity index is 423. The second-order valence-corrected chi connectivity index (χ2v) is 3.08. The number of Topliss-reactive ketones (excluding diaryl/α,β-unsaturated/α-hetero) is 1. The molecule has 0 radical (unpaired) electrons. The summed E-state index contributed by atoms with van der Waals surface area (Å²) >= 11 is 5.37. The fourth-order valence-corrected chi connectivity index (χ4v) is 1.27. The molecule has 0 aliphatic carbocycles. The van der Waals surface area contributed by atoms with Crippen LogP contribution in [-0.4, -0.2) is 11.7 Å². The van der Waals surface area contributed by atoms with Crippen LogP contribution >= 0.6 is 11.6 Å². The molecule has 0 spiro atoms. The first-order valence-electron chi connectivity index (χ1n) is 3.89. The number of nitriles is 1. The molecule has 0 aliphatic rings. The van der Waals surface area contributed by atoms with E-state index in [4.69, 9.17) is 16.9 Å². The zero-order chi connectivity index (χ0) is 10.7. The molecule has 0 saturated carbocycles. The van der Waals surface area contributed by atoms with Gasteiger partial charge in [0.1, 0.15) is 11.9 Å². The van der Waals surface area contributed by atoms with Gasteiger partial charge in [-0.1, -0.05) is 0 Å². The van der Waals surface area contributed by atoms with Crippen LogP contribution in [0.2, 0.25) is 0 Å². The number of aryl methyl sites for hydroxylation is 1. The van der Waals surface area contributed by atoms with Gasteiger partial charge in [0.05, 0.1) is 11.4 Å². The lowest BCUT2D eigenvalue weighted by Gasteiger charge is -2.03. The molecular weight excluding hydrogens is 205 g/mol. The van der Waals surface area contributed by atoms with Gasteiger partial charge in [-0.3, -0.25) is 4.79 Å². The van der Waals surface area contributed by atoms with Crippen molar-refractivity contribution in [2.45, 2.75) is 6.92 Å². The molecule has 14 heavy (non-hydrogen) atoms. The monoisotopic (exact) mass is 211 g/mol. The van der Waals surface area contributed by atoms with Crippen LogP contribution in [0.3, 0.4) is 0 Å². The summed E-state index contributed by atoms with van der Waals surface area (Å²) in [5.74, 6) is -1.09. The topological polar surface area (TPSA) is 40.9 Å². The van der Waals surface area contributed by atoms with Gasteiger partial charge in [-0.25, -0.2) is 4.39 Å². The highest BCUT2D eigenvalue weighted by molar-refractivity contribution is 6.30. The minimum absolute atomic E-state index is 0.135. The minimum atomic E-state index is -0.615. The molecule has 0 aromatic heterocycles. The predicted molar refractivity (Wildman–Crippen MR) is 50.9 cm³/mol. The Kier molecular flexibility index (Phi) is 3.21. The third-order valence-electron chi connectivity index (χ3n) is 1.86. The van der Waals surface area contributed by atoms with E-state index < -0.39 is 5.82 Å². The molecule has 4 heteroatoms. The Labute approximate surface area is 85.9 Å². The molecule has 0 heterocycles. The first-order valence-corrected chi connectivity index (χ1v) is 4.43. The summed E-state index contributed by atoms with van der Waals surface area (Å²) in [7, 11) is 0. The minimum Gasteiger partial charge on any atom is -0.293 e. The van der Waals surface area contributed by atoms with E-state index in [0.717, 1.165) is 0 Å². The lowest BCUT2D eigenvalue weighted by atomic mass is 10.0. The predicted octanol–water partition coefficient (Wildman–Crippen LogP) is 2.43. The van der Waals surface area contributed by atoms with Crippen molar-refractivity contribution in [1.29, 1.82) is 5.26 Å². The quantitative estimate of drug-likeness (QED) is 0.557. The number of hydrogen-bond donors (Lipinski definition) is 0. The largest absolute Gasteiger partial charge is 0.293 e. The summed E-state index contributed by atoms with van der Waals surface area (Å²) in [4.78, 5) is 11.2. The van der Waals surface area contributed by atoms with Crippen LogP contribution in [0.1, 0.15) is 21.5 Å². The average molecular weight is 212 g/mol. The molecule has 2 nitrogen and oxygen atoms in total. The highest BCUT2D eigenvalue weighted by Crippen LogP contribution is 2.15. The van der Waals surface area contributed by atoms with Crippen LogP contribution < -0.4 is 0 Å². The van der Waals surface area contributed by atoms with Crippen LogP contribution in [0.5, 0.6) is 0 Å². The van der Waals surface area contributed by atoms with Crippen LogP contribution in [0.25, 0.3) is 0 Å². The summed E-state index contributed by atoms with van der Waals surface area (Å²) < 4.78 is 13.0. The number of rotatable bonds is 2. The lowest BCUT2D eigenvalue weighted by molar-refractivity contribution is 0.102. The highest BCUT2D eigenvalue weighted by atomic mass is 35.5. The van der Waals surface area contributed by atoms with Gasteiger partial charge < -0.3 is 0 Å². The fraction of sp³-hybridized carbons (Fsp3) is 0.200. The zero-order valence-electron chi connectivity index (χ0n) is 7.47. The number of carbonyl (C=O) groups excluding carboxylic acids is 1. The highest BCUT2D eigenvalue weighted by Gasteiger charge is 2.12. The maximum atomic E-state index is 13.0. The van der Waals surface area contributed by atoms with E-state index in [0.29, 0.717) is 11.1 Å². The smallest absolute Gasteiger partial charge is 0.177 e. The number of carbonyl (C=O) groups is 1. The average Bonchev–Trinajstić information content (AvgIpc) is 2.17. The number of hydrogen-bond acceptors (Lipinski definition) is 2. The SMILES string of the molecule is Cc1cc(F)c(C#N)cc1C(=O)CCl. The maximum Gasteiger partial charge on any atom is 0.177 e. The Hall–Kier alpha value is -1.40. The second kappa shape index (κ2) is 4.21. The van der Waals surface area contributed by atoms with Crippen molar-refractivity contribution < 1.29 is 9.18 Å². The number of halogens is 2. The first-order chi connectivity index (χ1) is 6.60. The Morgan fingerprint density at radius 3 is 2.79 bits per heavy atom. The van der Waals surface area contributed by atoms with E-state index in [9.17, 15) is 9.18 Å². The van der Waals surface area contributed by atoms with Crippen molar-refractivity contribution in [3.05, 3.63) is 34.6 Å². The normalized spacial score (nSPS) is 9.57. The maximum absolute atomic E-state index is 13.0. The molecule has 0 atom stereocenters. The molecule has 0 N–H and O–H groups in total. The van der Waals surface area contributed by atoms with Gasteiger partial charge in [-0.05, 0) is 24.6 Å². The molecule has 0 aliphatic heterocycles.